The molecule has 0 unspecified atom stereocenters. The van der Waals surface area contributed by atoms with Crippen LogP contribution >= 0.6 is 11.8 Å². The Bertz CT molecular complexity index is 596. The molecule has 2 N–H and O–H groups in total. The Balaban J connectivity index is 1.74. The Hall–Kier alpha value is -1.75. The third-order valence-corrected chi connectivity index (χ3v) is 5.10. The summed E-state index contributed by atoms with van der Waals surface area (Å²) in [6, 6.07) is 7.55. The van der Waals surface area contributed by atoms with Crippen LogP contribution in [-0.2, 0) is 9.59 Å². The predicted molar refractivity (Wildman–Crippen MR) is 100 cm³/mol. The monoisotopic (exact) mass is 346 g/mol. The molecule has 5 heteroatoms. The number of anilines is 1. The highest BCUT2D eigenvalue weighted by Gasteiger charge is 2.14. The topological polar surface area (TPSA) is 58.2 Å². The van der Waals surface area contributed by atoms with Crippen molar-refractivity contribution in [3.63, 3.8) is 0 Å². The van der Waals surface area contributed by atoms with Crippen molar-refractivity contribution in [3.05, 3.63) is 35.9 Å². The minimum absolute atomic E-state index is 0.0716. The van der Waals surface area contributed by atoms with Crippen LogP contribution in [0.2, 0.25) is 0 Å². The fraction of sp³-hybridized carbons (Fsp3) is 0.474. The second-order valence-electron chi connectivity index (χ2n) is 6.11. The summed E-state index contributed by atoms with van der Waals surface area (Å²) in [4.78, 5) is 24.2. The van der Waals surface area contributed by atoms with E-state index in [0.717, 1.165) is 23.5 Å². The Morgan fingerprint density at radius 1 is 1.21 bits per heavy atom. The molecule has 2 rings (SSSR count). The Morgan fingerprint density at radius 3 is 2.58 bits per heavy atom. The number of carbonyl (C=O) groups excluding carboxylic acids is 2. The van der Waals surface area contributed by atoms with E-state index in [1.54, 1.807) is 0 Å². The molecule has 0 saturated carbocycles. The summed E-state index contributed by atoms with van der Waals surface area (Å²) in [6.07, 6.45) is 8.23. The predicted octanol–water partition coefficient (Wildman–Crippen LogP) is 4.13. The zero-order valence-electron chi connectivity index (χ0n) is 14.4. The van der Waals surface area contributed by atoms with Gasteiger partial charge in [-0.25, -0.2) is 0 Å². The number of nitrogens with one attached hydrogen (secondary N) is 2. The minimum atomic E-state index is -0.142. The molecule has 130 valence electrons. The number of hydrogen-bond donors (Lipinski definition) is 2. The normalized spacial score (nSPS) is 15.3. The molecular weight excluding hydrogens is 320 g/mol. The molecule has 4 nitrogen and oxygen atoms in total. The van der Waals surface area contributed by atoms with Crippen molar-refractivity contribution in [2.45, 2.75) is 56.1 Å². The number of amides is 2. The summed E-state index contributed by atoms with van der Waals surface area (Å²) in [5.41, 5.74) is 2.25. The van der Waals surface area contributed by atoms with Crippen LogP contribution in [0.15, 0.2) is 40.8 Å². The van der Waals surface area contributed by atoms with Gasteiger partial charge in [-0.1, -0.05) is 11.6 Å². The van der Waals surface area contributed by atoms with Gasteiger partial charge >= 0.3 is 0 Å². The van der Waals surface area contributed by atoms with Crippen LogP contribution in [0, 0.1) is 0 Å². The lowest BCUT2D eigenvalue weighted by atomic mass is 9.97. The molecule has 24 heavy (non-hydrogen) atoms. The lowest BCUT2D eigenvalue weighted by Gasteiger charge is -2.15. The van der Waals surface area contributed by atoms with Crippen molar-refractivity contribution in [2.24, 2.45) is 0 Å². The van der Waals surface area contributed by atoms with Gasteiger partial charge in [0, 0.05) is 24.1 Å². The summed E-state index contributed by atoms with van der Waals surface area (Å²) in [6.45, 7) is 4.12. The molecule has 0 saturated heterocycles. The van der Waals surface area contributed by atoms with Crippen LogP contribution in [0.3, 0.4) is 0 Å². The first-order valence-electron chi connectivity index (χ1n) is 8.54. The lowest BCUT2D eigenvalue weighted by molar-refractivity contribution is -0.120. The van der Waals surface area contributed by atoms with Crippen molar-refractivity contribution < 1.29 is 9.59 Å². The van der Waals surface area contributed by atoms with Gasteiger partial charge in [0.15, 0.2) is 0 Å². The smallest absolute Gasteiger partial charge is 0.233 e. The molecule has 2 amide bonds. The molecule has 0 aliphatic heterocycles. The summed E-state index contributed by atoms with van der Waals surface area (Å²) in [5.74, 6) is -0.0152. The Morgan fingerprint density at radius 2 is 1.96 bits per heavy atom. The van der Waals surface area contributed by atoms with Gasteiger partial charge in [0.1, 0.15) is 0 Å². The highest BCUT2D eigenvalue weighted by Crippen LogP contribution is 2.25. The molecule has 1 aromatic carbocycles. The maximum absolute atomic E-state index is 12.2. The molecule has 1 atom stereocenters. The number of carbonyl (C=O) groups is 2. The third kappa shape index (κ3) is 6.40. The molecular formula is C19H26N2O2S. The van der Waals surface area contributed by atoms with Gasteiger partial charge in [-0.2, -0.15) is 0 Å². The molecule has 1 aromatic rings. The molecule has 0 fully saturated rings. The second kappa shape index (κ2) is 9.52. The van der Waals surface area contributed by atoms with E-state index in [0.29, 0.717) is 0 Å². The fourth-order valence-electron chi connectivity index (χ4n) is 2.70. The van der Waals surface area contributed by atoms with E-state index >= 15 is 0 Å². The molecule has 1 aliphatic carbocycles. The largest absolute Gasteiger partial charge is 0.355 e. The molecule has 0 aromatic heterocycles. The molecule has 1 aliphatic rings. The third-order valence-electron chi connectivity index (χ3n) is 3.99. The van der Waals surface area contributed by atoms with Crippen LogP contribution in [0.5, 0.6) is 0 Å². The maximum Gasteiger partial charge on any atom is 0.233 e. The van der Waals surface area contributed by atoms with E-state index in [-0.39, 0.29) is 17.1 Å². The molecule has 0 radical (unpaired) electrons. The van der Waals surface area contributed by atoms with Crippen molar-refractivity contribution >= 4 is 29.3 Å². The van der Waals surface area contributed by atoms with Crippen molar-refractivity contribution in [1.82, 2.24) is 5.32 Å². The summed E-state index contributed by atoms with van der Waals surface area (Å²) in [5, 5.41) is 5.62. The maximum atomic E-state index is 12.2. The van der Waals surface area contributed by atoms with Crippen molar-refractivity contribution in [2.75, 3.05) is 11.9 Å². The van der Waals surface area contributed by atoms with Gasteiger partial charge in [-0.15, -0.1) is 11.8 Å². The van der Waals surface area contributed by atoms with Gasteiger partial charge in [0.05, 0.1) is 5.25 Å². The van der Waals surface area contributed by atoms with Gasteiger partial charge < -0.3 is 10.6 Å². The van der Waals surface area contributed by atoms with Crippen molar-refractivity contribution in [3.8, 4) is 0 Å². The quantitative estimate of drug-likeness (QED) is 0.576. The zero-order valence-corrected chi connectivity index (χ0v) is 15.2. The summed E-state index contributed by atoms with van der Waals surface area (Å²) < 4.78 is 0. The lowest BCUT2D eigenvalue weighted by Crippen LogP contribution is -2.31. The van der Waals surface area contributed by atoms with E-state index in [1.807, 2.05) is 31.2 Å². The zero-order chi connectivity index (χ0) is 17.4. The van der Waals surface area contributed by atoms with Crippen LogP contribution in [0.25, 0.3) is 0 Å². The summed E-state index contributed by atoms with van der Waals surface area (Å²) in [7, 11) is 0. The van der Waals surface area contributed by atoms with Gasteiger partial charge in [-0.3, -0.25) is 9.59 Å². The van der Waals surface area contributed by atoms with Crippen LogP contribution < -0.4 is 10.6 Å². The average Bonchev–Trinajstić information content (AvgIpc) is 2.57. The van der Waals surface area contributed by atoms with E-state index in [2.05, 4.69) is 16.7 Å². The first-order valence-corrected chi connectivity index (χ1v) is 9.42. The van der Waals surface area contributed by atoms with Crippen molar-refractivity contribution in [1.29, 1.82) is 0 Å². The molecule has 0 heterocycles. The second-order valence-corrected chi connectivity index (χ2v) is 7.53. The first-order chi connectivity index (χ1) is 11.5. The average molecular weight is 346 g/mol. The fourth-order valence-corrected chi connectivity index (χ4v) is 3.59. The number of hydrogen-bond acceptors (Lipinski definition) is 3. The standard InChI is InChI=1S/C19H26N2O2S/c1-14(19(23)20-13-12-16-6-4-3-5-7-16)24-18-10-8-17(9-11-18)21-15(2)22/h6,8-11,14H,3-5,7,12-13H2,1-2H3,(H,20,23)(H,21,22)/t14-/m0/s1. The highest BCUT2D eigenvalue weighted by molar-refractivity contribution is 8.00. The number of benzene rings is 1. The van der Waals surface area contributed by atoms with Gasteiger partial charge in [0.2, 0.25) is 11.8 Å². The highest BCUT2D eigenvalue weighted by atomic mass is 32.2. The van der Waals surface area contributed by atoms with Crippen LogP contribution in [-0.4, -0.2) is 23.6 Å². The number of rotatable bonds is 7. The van der Waals surface area contributed by atoms with E-state index in [1.165, 1.54) is 49.9 Å². The number of allylic oxidation sites excluding steroid dienone is 1. The van der Waals surface area contributed by atoms with Crippen LogP contribution in [0.4, 0.5) is 5.69 Å². The van der Waals surface area contributed by atoms with Gasteiger partial charge in [-0.05, 0) is 63.3 Å². The van der Waals surface area contributed by atoms with E-state index in [9.17, 15) is 9.59 Å². The minimum Gasteiger partial charge on any atom is -0.355 e. The first kappa shape index (κ1) is 18.6. The van der Waals surface area contributed by atoms with Gasteiger partial charge in [0.25, 0.3) is 0 Å². The Labute approximate surface area is 148 Å². The number of thioether (sulfide) groups is 1. The van der Waals surface area contributed by atoms with Crippen LogP contribution in [0.1, 0.15) is 46.0 Å². The van der Waals surface area contributed by atoms with E-state index < -0.39 is 0 Å². The molecule has 0 bridgehead atoms. The van der Waals surface area contributed by atoms with E-state index in [4.69, 9.17) is 0 Å². The summed E-state index contributed by atoms with van der Waals surface area (Å²) >= 11 is 1.53. The Kier molecular flexibility index (Phi) is 7.37. The molecule has 0 spiro atoms. The SMILES string of the molecule is CC(=O)Nc1ccc(S[C@@H](C)C(=O)NCCC2=CCCCC2)cc1.